The van der Waals surface area contributed by atoms with Crippen molar-refractivity contribution in [1.82, 2.24) is 4.90 Å². The van der Waals surface area contributed by atoms with Crippen LogP contribution in [-0.2, 0) is 16.1 Å². The summed E-state index contributed by atoms with van der Waals surface area (Å²) in [7, 11) is 0. The lowest BCUT2D eigenvalue weighted by molar-refractivity contribution is -0.127. The zero-order chi connectivity index (χ0) is 18.9. The molecule has 1 fully saturated rings. The molecule has 27 heavy (non-hydrogen) atoms. The zero-order valence-corrected chi connectivity index (χ0v) is 15.4. The van der Waals surface area contributed by atoms with Gasteiger partial charge in [0.15, 0.2) is 0 Å². The van der Waals surface area contributed by atoms with E-state index in [0.29, 0.717) is 24.7 Å². The van der Waals surface area contributed by atoms with Gasteiger partial charge in [-0.1, -0.05) is 42.5 Å². The van der Waals surface area contributed by atoms with Gasteiger partial charge in [0.1, 0.15) is 0 Å². The summed E-state index contributed by atoms with van der Waals surface area (Å²) in [6.07, 6.45) is 5.47. The predicted molar refractivity (Wildman–Crippen MR) is 106 cm³/mol. The molecule has 0 radical (unpaired) electrons. The smallest absolute Gasteiger partial charge is 0.246 e. The molecule has 4 heteroatoms. The first kappa shape index (κ1) is 18.9. The predicted octanol–water partition coefficient (Wildman–Crippen LogP) is 4.03. The van der Waals surface area contributed by atoms with E-state index < -0.39 is 0 Å². The number of carbonyl (C=O) groups excluding carboxylic acids is 1. The molecule has 0 unspecified atom stereocenters. The average Bonchev–Trinajstić information content (AvgIpc) is 2.74. The lowest BCUT2D eigenvalue weighted by Crippen LogP contribution is -2.38. The average molecular weight is 360 g/mol. The molecule has 0 saturated carbocycles. The SMILES string of the molecule is N#Cc1ccc(COCC2CCN(C(=O)/C=C/c3ccccc3)CC2)cc1. The van der Waals surface area contributed by atoms with Crippen LogP contribution in [0.15, 0.2) is 60.7 Å². The molecule has 4 nitrogen and oxygen atoms in total. The van der Waals surface area contributed by atoms with Crippen molar-refractivity contribution in [2.24, 2.45) is 5.92 Å². The van der Waals surface area contributed by atoms with Gasteiger partial charge in [0.2, 0.25) is 5.91 Å². The third kappa shape index (κ3) is 5.80. The van der Waals surface area contributed by atoms with E-state index in [1.165, 1.54) is 0 Å². The van der Waals surface area contributed by atoms with Crippen molar-refractivity contribution in [1.29, 1.82) is 5.26 Å². The Balaban J connectivity index is 1.37. The van der Waals surface area contributed by atoms with E-state index in [-0.39, 0.29) is 5.91 Å². The first-order valence-corrected chi connectivity index (χ1v) is 9.33. The molecule has 1 aliphatic heterocycles. The van der Waals surface area contributed by atoms with Crippen LogP contribution in [0.4, 0.5) is 0 Å². The molecule has 0 aliphatic carbocycles. The maximum atomic E-state index is 12.3. The Hall–Kier alpha value is -2.90. The van der Waals surface area contributed by atoms with Crippen molar-refractivity contribution in [2.75, 3.05) is 19.7 Å². The Morgan fingerprint density at radius 3 is 2.48 bits per heavy atom. The van der Waals surface area contributed by atoms with Gasteiger partial charge in [-0.3, -0.25) is 4.79 Å². The van der Waals surface area contributed by atoms with E-state index in [9.17, 15) is 4.79 Å². The summed E-state index contributed by atoms with van der Waals surface area (Å²) < 4.78 is 5.83. The fourth-order valence-electron chi connectivity index (χ4n) is 3.18. The van der Waals surface area contributed by atoms with Gasteiger partial charge in [0.05, 0.1) is 18.2 Å². The van der Waals surface area contributed by atoms with E-state index in [1.807, 2.05) is 65.6 Å². The van der Waals surface area contributed by atoms with Gasteiger partial charge < -0.3 is 9.64 Å². The van der Waals surface area contributed by atoms with Gasteiger partial charge in [0, 0.05) is 25.8 Å². The highest BCUT2D eigenvalue weighted by molar-refractivity contribution is 5.91. The molecule has 1 amide bonds. The monoisotopic (exact) mass is 360 g/mol. The van der Waals surface area contributed by atoms with Gasteiger partial charge in [-0.2, -0.15) is 5.26 Å². The lowest BCUT2D eigenvalue weighted by atomic mass is 9.97. The van der Waals surface area contributed by atoms with Crippen LogP contribution in [0.3, 0.4) is 0 Å². The van der Waals surface area contributed by atoms with Crippen LogP contribution in [-0.4, -0.2) is 30.5 Å². The second-order valence-corrected chi connectivity index (χ2v) is 6.84. The van der Waals surface area contributed by atoms with Crippen LogP contribution < -0.4 is 0 Å². The Morgan fingerprint density at radius 1 is 1.11 bits per heavy atom. The summed E-state index contributed by atoms with van der Waals surface area (Å²) in [5.74, 6) is 0.571. The molecule has 0 spiro atoms. The number of benzene rings is 2. The normalized spacial score (nSPS) is 15.0. The number of nitrogens with zero attached hydrogens (tertiary/aromatic N) is 2. The fraction of sp³-hybridized carbons (Fsp3) is 0.304. The second-order valence-electron chi connectivity index (χ2n) is 6.84. The quantitative estimate of drug-likeness (QED) is 0.731. The number of nitriles is 1. The third-order valence-electron chi connectivity index (χ3n) is 4.85. The van der Waals surface area contributed by atoms with Crippen LogP contribution in [0.2, 0.25) is 0 Å². The number of rotatable bonds is 6. The Labute approximate surface area is 160 Å². The van der Waals surface area contributed by atoms with Gasteiger partial charge >= 0.3 is 0 Å². The highest BCUT2D eigenvalue weighted by Crippen LogP contribution is 2.19. The van der Waals surface area contributed by atoms with Gasteiger partial charge in [-0.25, -0.2) is 0 Å². The van der Waals surface area contributed by atoms with Gasteiger partial charge in [-0.05, 0) is 48.1 Å². The van der Waals surface area contributed by atoms with E-state index in [0.717, 1.165) is 37.1 Å². The topological polar surface area (TPSA) is 53.3 Å². The van der Waals surface area contributed by atoms with E-state index in [4.69, 9.17) is 10.00 Å². The minimum absolute atomic E-state index is 0.0794. The molecule has 2 aromatic carbocycles. The molecule has 2 aromatic rings. The minimum Gasteiger partial charge on any atom is -0.376 e. The Kier molecular flexibility index (Phi) is 6.78. The first-order valence-electron chi connectivity index (χ1n) is 9.33. The summed E-state index contributed by atoms with van der Waals surface area (Å²) in [5.41, 5.74) is 2.78. The van der Waals surface area contributed by atoms with Crippen LogP contribution in [0, 0.1) is 17.2 Å². The summed E-state index contributed by atoms with van der Waals surface area (Å²) in [6.45, 7) is 2.83. The summed E-state index contributed by atoms with van der Waals surface area (Å²) in [4.78, 5) is 14.2. The molecular formula is C23H24N2O2. The fourth-order valence-corrected chi connectivity index (χ4v) is 3.18. The standard InChI is InChI=1S/C23H24N2O2/c24-16-20-6-8-21(9-7-20)17-27-18-22-12-14-25(15-13-22)23(26)11-10-19-4-2-1-3-5-19/h1-11,22H,12-15,17-18H2/b11-10+. The minimum atomic E-state index is 0.0794. The van der Waals surface area contributed by atoms with Crippen LogP contribution in [0.1, 0.15) is 29.5 Å². The molecule has 0 bridgehead atoms. The van der Waals surface area contributed by atoms with Crippen LogP contribution in [0.5, 0.6) is 0 Å². The van der Waals surface area contributed by atoms with Gasteiger partial charge in [0.25, 0.3) is 0 Å². The lowest BCUT2D eigenvalue weighted by Gasteiger charge is -2.31. The van der Waals surface area contributed by atoms with Crippen molar-refractivity contribution in [3.8, 4) is 6.07 Å². The molecular weight excluding hydrogens is 336 g/mol. The zero-order valence-electron chi connectivity index (χ0n) is 15.4. The number of likely N-dealkylation sites (tertiary alicyclic amines) is 1. The summed E-state index contributed by atoms with van der Waals surface area (Å²) >= 11 is 0. The Morgan fingerprint density at radius 2 is 1.81 bits per heavy atom. The number of piperidine rings is 1. The first-order chi connectivity index (χ1) is 13.2. The van der Waals surface area contributed by atoms with Crippen molar-refractivity contribution in [2.45, 2.75) is 19.4 Å². The molecule has 1 aliphatic rings. The summed E-state index contributed by atoms with van der Waals surface area (Å²) in [6, 6.07) is 19.5. The number of carbonyl (C=O) groups is 1. The second kappa shape index (κ2) is 9.70. The van der Waals surface area contributed by atoms with E-state index in [1.54, 1.807) is 6.08 Å². The summed E-state index contributed by atoms with van der Waals surface area (Å²) in [5, 5.41) is 8.81. The molecule has 0 aromatic heterocycles. The highest BCUT2D eigenvalue weighted by Gasteiger charge is 2.21. The van der Waals surface area contributed by atoms with Crippen molar-refractivity contribution in [3.05, 3.63) is 77.4 Å². The molecule has 3 rings (SSSR count). The van der Waals surface area contributed by atoms with Crippen molar-refractivity contribution in [3.63, 3.8) is 0 Å². The number of amides is 1. The molecule has 1 saturated heterocycles. The molecule has 1 heterocycles. The number of hydrogen-bond donors (Lipinski definition) is 0. The van der Waals surface area contributed by atoms with Gasteiger partial charge in [-0.15, -0.1) is 0 Å². The van der Waals surface area contributed by atoms with E-state index in [2.05, 4.69) is 6.07 Å². The molecule has 0 atom stereocenters. The number of ether oxygens (including phenoxy) is 1. The number of hydrogen-bond acceptors (Lipinski definition) is 3. The Bertz CT molecular complexity index is 799. The maximum Gasteiger partial charge on any atom is 0.246 e. The molecule has 0 N–H and O–H groups in total. The van der Waals surface area contributed by atoms with Crippen LogP contribution >= 0.6 is 0 Å². The largest absolute Gasteiger partial charge is 0.376 e. The van der Waals surface area contributed by atoms with Crippen LogP contribution in [0.25, 0.3) is 6.08 Å². The molecule has 138 valence electrons. The maximum absolute atomic E-state index is 12.3. The van der Waals surface area contributed by atoms with Crippen molar-refractivity contribution >= 4 is 12.0 Å². The third-order valence-corrected chi connectivity index (χ3v) is 4.85. The highest BCUT2D eigenvalue weighted by atomic mass is 16.5. The van der Waals surface area contributed by atoms with E-state index >= 15 is 0 Å². The van der Waals surface area contributed by atoms with Crippen molar-refractivity contribution < 1.29 is 9.53 Å².